The summed E-state index contributed by atoms with van der Waals surface area (Å²) in [6, 6.07) is 10.1. The average Bonchev–Trinajstić information content (AvgIpc) is 2.63. The number of hydrogen-bond donors (Lipinski definition) is 0. The van der Waals surface area contributed by atoms with E-state index < -0.39 is 0 Å². The summed E-state index contributed by atoms with van der Waals surface area (Å²) in [6.45, 7) is 5.75. The highest BCUT2D eigenvalue weighted by atomic mass is 16.5. The van der Waals surface area contributed by atoms with E-state index in [1.54, 1.807) is 0 Å². The Hall–Kier alpha value is -2.10. The van der Waals surface area contributed by atoms with Crippen molar-refractivity contribution in [2.24, 2.45) is 11.8 Å². The van der Waals surface area contributed by atoms with Gasteiger partial charge in [0.1, 0.15) is 0 Å². The third-order valence-corrected chi connectivity index (χ3v) is 4.42. The second kappa shape index (κ2) is 10.6. The van der Waals surface area contributed by atoms with E-state index in [4.69, 9.17) is 9.47 Å². The monoisotopic (exact) mass is 332 g/mol. The molecule has 0 aliphatic rings. The Morgan fingerprint density at radius 2 is 1.62 bits per heavy atom. The fourth-order valence-electron chi connectivity index (χ4n) is 3.03. The lowest BCUT2D eigenvalue weighted by atomic mass is 9.82. The Bertz CT molecular complexity index is 524. The van der Waals surface area contributed by atoms with Crippen LogP contribution in [0.3, 0.4) is 0 Å². The molecule has 132 valence electrons. The molecule has 24 heavy (non-hydrogen) atoms. The van der Waals surface area contributed by atoms with Crippen LogP contribution in [0.2, 0.25) is 0 Å². The molecule has 0 saturated heterocycles. The molecular formula is C20H28O4. The van der Waals surface area contributed by atoms with E-state index in [1.165, 1.54) is 14.2 Å². The van der Waals surface area contributed by atoms with Crippen molar-refractivity contribution in [1.29, 1.82) is 0 Å². The molecule has 0 heterocycles. The number of carbonyl (C=O) groups is 2. The van der Waals surface area contributed by atoms with Crippen molar-refractivity contribution in [3.63, 3.8) is 0 Å². The molecule has 1 rings (SSSR count). The summed E-state index contributed by atoms with van der Waals surface area (Å²) in [5.41, 5.74) is 1.16. The number of ether oxygens (including phenoxy) is 2. The fourth-order valence-corrected chi connectivity index (χ4v) is 3.03. The maximum atomic E-state index is 12.2. The molecule has 4 nitrogen and oxygen atoms in total. The van der Waals surface area contributed by atoms with Gasteiger partial charge in [0.05, 0.1) is 26.1 Å². The van der Waals surface area contributed by atoms with Crippen molar-refractivity contribution < 1.29 is 19.1 Å². The van der Waals surface area contributed by atoms with E-state index in [1.807, 2.05) is 31.2 Å². The zero-order valence-corrected chi connectivity index (χ0v) is 14.9. The van der Waals surface area contributed by atoms with Gasteiger partial charge in [0, 0.05) is 0 Å². The van der Waals surface area contributed by atoms with Gasteiger partial charge < -0.3 is 9.47 Å². The molecule has 4 heteroatoms. The van der Waals surface area contributed by atoms with Crippen molar-refractivity contribution >= 4 is 11.9 Å². The lowest BCUT2D eigenvalue weighted by Crippen LogP contribution is -2.26. The first-order chi connectivity index (χ1) is 11.6. The van der Waals surface area contributed by atoms with E-state index in [2.05, 4.69) is 18.7 Å². The molecular weight excluding hydrogens is 304 g/mol. The average molecular weight is 332 g/mol. The quantitative estimate of drug-likeness (QED) is 0.478. The van der Waals surface area contributed by atoms with Gasteiger partial charge in [0.25, 0.3) is 0 Å². The molecule has 0 amide bonds. The molecule has 3 atom stereocenters. The van der Waals surface area contributed by atoms with E-state index in [-0.39, 0.29) is 29.7 Å². The maximum Gasteiger partial charge on any atom is 0.308 e. The van der Waals surface area contributed by atoms with E-state index >= 15 is 0 Å². The lowest BCUT2D eigenvalue weighted by Gasteiger charge is -2.24. The summed E-state index contributed by atoms with van der Waals surface area (Å²) in [4.78, 5) is 24.1. The van der Waals surface area contributed by atoms with Crippen LogP contribution >= 0.6 is 0 Å². The minimum Gasteiger partial charge on any atom is -0.469 e. The molecule has 0 aromatic heterocycles. The van der Waals surface area contributed by atoms with Crippen molar-refractivity contribution in [2.75, 3.05) is 14.2 Å². The molecule has 0 aliphatic carbocycles. The van der Waals surface area contributed by atoms with Crippen LogP contribution in [0.15, 0.2) is 43.0 Å². The number of rotatable bonds is 10. The molecule has 0 fully saturated rings. The molecule has 0 saturated carbocycles. The topological polar surface area (TPSA) is 52.6 Å². The normalized spacial score (nSPS) is 14.3. The fraction of sp³-hybridized carbons (Fsp3) is 0.500. The first kappa shape index (κ1) is 19.9. The number of allylic oxidation sites excluding steroid dienone is 1. The Labute approximate surface area is 144 Å². The molecule has 0 aliphatic heterocycles. The van der Waals surface area contributed by atoms with Crippen molar-refractivity contribution in [3.05, 3.63) is 48.6 Å². The van der Waals surface area contributed by atoms with Gasteiger partial charge in [0.2, 0.25) is 0 Å². The Balaban J connectivity index is 2.95. The number of benzene rings is 1. The van der Waals surface area contributed by atoms with Gasteiger partial charge in [-0.3, -0.25) is 9.59 Å². The van der Waals surface area contributed by atoms with Crippen molar-refractivity contribution in [3.8, 4) is 0 Å². The SMILES string of the molecule is C=CCC(CC(CC(CC)C(=O)OC)C(=O)OC)c1ccccc1. The Kier molecular flexibility index (Phi) is 8.84. The largest absolute Gasteiger partial charge is 0.469 e. The molecule has 0 spiro atoms. The number of carbonyl (C=O) groups excluding carboxylic acids is 2. The van der Waals surface area contributed by atoms with E-state index in [9.17, 15) is 9.59 Å². The highest BCUT2D eigenvalue weighted by molar-refractivity contribution is 5.76. The first-order valence-electron chi connectivity index (χ1n) is 8.38. The summed E-state index contributed by atoms with van der Waals surface area (Å²) < 4.78 is 9.82. The minimum absolute atomic E-state index is 0.169. The summed E-state index contributed by atoms with van der Waals surface area (Å²) in [6.07, 6.45) is 4.33. The number of hydrogen-bond acceptors (Lipinski definition) is 4. The van der Waals surface area contributed by atoms with Gasteiger partial charge >= 0.3 is 11.9 Å². The third kappa shape index (κ3) is 5.84. The molecule has 0 bridgehead atoms. The number of methoxy groups -OCH3 is 2. The summed E-state index contributed by atoms with van der Waals surface area (Å²) in [7, 11) is 2.77. The molecule has 1 aromatic carbocycles. The Morgan fingerprint density at radius 3 is 2.12 bits per heavy atom. The van der Waals surface area contributed by atoms with Gasteiger partial charge in [-0.05, 0) is 37.2 Å². The second-order valence-electron chi connectivity index (χ2n) is 5.95. The second-order valence-corrected chi connectivity index (χ2v) is 5.95. The molecule has 0 N–H and O–H groups in total. The van der Waals surface area contributed by atoms with Crippen LogP contribution in [0, 0.1) is 11.8 Å². The smallest absolute Gasteiger partial charge is 0.308 e. The first-order valence-corrected chi connectivity index (χ1v) is 8.38. The van der Waals surface area contributed by atoms with Gasteiger partial charge in [-0.25, -0.2) is 0 Å². The van der Waals surface area contributed by atoms with Crippen LogP contribution in [-0.4, -0.2) is 26.2 Å². The summed E-state index contributed by atoms with van der Waals surface area (Å²) in [5, 5.41) is 0. The zero-order valence-electron chi connectivity index (χ0n) is 14.9. The van der Waals surface area contributed by atoms with Gasteiger partial charge in [-0.2, -0.15) is 0 Å². The van der Waals surface area contributed by atoms with Crippen LogP contribution in [0.4, 0.5) is 0 Å². The van der Waals surface area contributed by atoms with Crippen LogP contribution in [0.25, 0.3) is 0 Å². The standard InChI is InChI=1S/C20H28O4/c1-5-10-17(16-11-8-7-9-12-16)14-18(20(22)24-4)13-15(6-2)19(21)23-3/h5,7-9,11-12,15,17-18H,1,6,10,13-14H2,2-4H3. The van der Waals surface area contributed by atoms with Crippen LogP contribution in [0.1, 0.15) is 44.1 Å². The van der Waals surface area contributed by atoms with Gasteiger partial charge in [0.15, 0.2) is 0 Å². The highest BCUT2D eigenvalue weighted by Gasteiger charge is 2.30. The highest BCUT2D eigenvalue weighted by Crippen LogP contribution is 2.32. The van der Waals surface area contributed by atoms with Gasteiger partial charge in [-0.15, -0.1) is 6.58 Å². The lowest BCUT2D eigenvalue weighted by molar-refractivity contribution is -0.150. The van der Waals surface area contributed by atoms with E-state index in [0.717, 1.165) is 12.0 Å². The maximum absolute atomic E-state index is 12.2. The Morgan fingerprint density at radius 1 is 1.04 bits per heavy atom. The predicted molar refractivity (Wildman–Crippen MR) is 94.5 cm³/mol. The van der Waals surface area contributed by atoms with Crippen LogP contribution in [0.5, 0.6) is 0 Å². The van der Waals surface area contributed by atoms with E-state index in [0.29, 0.717) is 19.3 Å². The van der Waals surface area contributed by atoms with Crippen LogP contribution < -0.4 is 0 Å². The molecule has 0 radical (unpaired) electrons. The number of esters is 2. The predicted octanol–water partition coefficient (Wildman–Crippen LogP) is 4.11. The summed E-state index contributed by atoms with van der Waals surface area (Å²) in [5.74, 6) is -1.01. The van der Waals surface area contributed by atoms with Crippen molar-refractivity contribution in [2.45, 2.75) is 38.5 Å². The molecule has 1 aromatic rings. The zero-order chi connectivity index (χ0) is 17.9. The summed E-state index contributed by atoms with van der Waals surface area (Å²) >= 11 is 0. The van der Waals surface area contributed by atoms with Gasteiger partial charge in [-0.1, -0.05) is 43.3 Å². The minimum atomic E-state index is -0.343. The van der Waals surface area contributed by atoms with Crippen molar-refractivity contribution in [1.82, 2.24) is 0 Å². The third-order valence-electron chi connectivity index (χ3n) is 4.42. The van der Waals surface area contributed by atoms with Crippen LogP contribution in [-0.2, 0) is 19.1 Å². The molecule has 3 unspecified atom stereocenters.